The molecular weight excluding hydrogens is 267 g/mol. The summed E-state index contributed by atoms with van der Waals surface area (Å²) >= 11 is 0. The lowest BCUT2D eigenvalue weighted by Crippen LogP contribution is -1.92. The van der Waals surface area contributed by atoms with Crippen molar-refractivity contribution in [2.75, 3.05) is 5.73 Å². The van der Waals surface area contributed by atoms with E-state index in [0.29, 0.717) is 16.9 Å². The van der Waals surface area contributed by atoms with Gasteiger partial charge in [-0.3, -0.25) is 0 Å². The van der Waals surface area contributed by atoms with E-state index in [4.69, 9.17) is 10.3 Å². The first-order valence-electron chi connectivity index (χ1n) is 6.65. The summed E-state index contributed by atoms with van der Waals surface area (Å²) in [6.45, 7) is 4.05. The van der Waals surface area contributed by atoms with Crippen LogP contribution in [0.3, 0.4) is 0 Å². The lowest BCUT2D eigenvalue weighted by molar-refractivity contribution is 0.436. The highest BCUT2D eigenvalue weighted by Gasteiger charge is 2.20. The fraction of sp³-hybridized carbons (Fsp3) is 0.118. The molecule has 4 heteroatoms. The maximum atomic E-state index is 14.0. The molecule has 0 amide bonds. The lowest BCUT2D eigenvalue weighted by atomic mass is 9.98. The minimum atomic E-state index is -0.350. The standard InChI is InChI=1S/C17H15FN2O/c1-10-7-8-12(9-11(10)2)16-15(17(19)20-21-16)13-5-3-4-6-14(13)18/h3-9H,1-2H3,(H2,19,20). The van der Waals surface area contributed by atoms with Crippen LogP contribution in [-0.4, -0.2) is 5.16 Å². The third-order valence-electron chi connectivity index (χ3n) is 3.63. The molecule has 2 N–H and O–H groups in total. The lowest BCUT2D eigenvalue weighted by Gasteiger charge is -2.06. The molecule has 1 heterocycles. The largest absolute Gasteiger partial charge is 0.380 e. The van der Waals surface area contributed by atoms with Crippen molar-refractivity contribution < 1.29 is 8.91 Å². The van der Waals surface area contributed by atoms with Crippen molar-refractivity contribution in [3.8, 4) is 22.5 Å². The van der Waals surface area contributed by atoms with Gasteiger partial charge in [-0.05, 0) is 37.1 Å². The quantitative estimate of drug-likeness (QED) is 0.760. The maximum absolute atomic E-state index is 14.0. The predicted octanol–water partition coefficient (Wildman–Crippen LogP) is 4.35. The molecule has 0 fully saturated rings. The molecule has 0 unspecified atom stereocenters. The number of hydrogen-bond acceptors (Lipinski definition) is 3. The van der Waals surface area contributed by atoms with Crippen molar-refractivity contribution in [1.29, 1.82) is 0 Å². The first-order chi connectivity index (χ1) is 10.1. The number of halogens is 1. The second-order valence-corrected chi connectivity index (χ2v) is 5.05. The zero-order chi connectivity index (χ0) is 15.0. The highest BCUT2D eigenvalue weighted by molar-refractivity contribution is 5.86. The zero-order valence-electron chi connectivity index (χ0n) is 11.9. The van der Waals surface area contributed by atoms with Crippen LogP contribution < -0.4 is 5.73 Å². The molecule has 0 spiro atoms. The summed E-state index contributed by atoms with van der Waals surface area (Å²) in [5.41, 5.74) is 9.91. The minimum absolute atomic E-state index is 0.188. The number of benzene rings is 2. The Kier molecular flexibility index (Phi) is 3.22. The molecule has 0 aliphatic rings. The average Bonchev–Trinajstić information content (AvgIpc) is 2.84. The molecule has 0 bridgehead atoms. The molecule has 3 aromatic rings. The van der Waals surface area contributed by atoms with Crippen LogP contribution in [0, 0.1) is 19.7 Å². The average molecular weight is 282 g/mol. The number of nitrogens with two attached hydrogens (primary N) is 1. The second kappa shape index (κ2) is 5.05. The number of rotatable bonds is 2. The maximum Gasteiger partial charge on any atom is 0.177 e. The van der Waals surface area contributed by atoms with E-state index >= 15 is 0 Å². The van der Waals surface area contributed by atoms with Crippen LogP contribution in [0.5, 0.6) is 0 Å². The first kappa shape index (κ1) is 13.4. The molecule has 0 aliphatic carbocycles. The summed E-state index contributed by atoms with van der Waals surface area (Å²) in [5.74, 6) is 0.325. The number of hydrogen-bond donors (Lipinski definition) is 1. The van der Waals surface area contributed by atoms with Gasteiger partial charge in [0.2, 0.25) is 0 Å². The molecule has 0 atom stereocenters. The van der Waals surface area contributed by atoms with E-state index in [2.05, 4.69) is 5.16 Å². The van der Waals surface area contributed by atoms with Crippen LogP contribution in [0.15, 0.2) is 47.0 Å². The molecule has 0 radical (unpaired) electrons. The summed E-state index contributed by atoms with van der Waals surface area (Å²) < 4.78 is 19.4. The van der Waals surface area contributed by atoms with Gasteiger partial charge in [0.15, 0.2) is 11.6 Å². The van der Waals surface area contributed by atoms with Gasteiger partial charge in [-0.25, -0.2) is 4.39 Å². The Hall–Kier alpha value is -2.62. The van der Waals surface area contributed by atoms with Gasteiger partial charge < -0.3 is 10.3 Å². The van der Waals surface area contributed by atoms with Gasteiger partial charge in [0, 0.05) is 11.1 Å². The van der Waals surface area contributed by atoms with Gasteiger partial charge in [-0.2, -0.15) is 0 Å². The van der Waals surface area contributed by atoms with E-state index in [1.54, 1.807) is 18.2 Å². The van der Waals surface area contributed by atoms with Gasteiger partial charge in [-0.1, -0.05) is 35.5 Å². The van der Waals surface area contributed by atoms with Crippen molar-refractivity contribution in [3.05, 3.63) is 59.4 Å². The summed E-state index contributed by atoms with van der Waals surface area (Å²) in [6, 6.07) is 12.4. The Balaban J connectivity index is 2.22. The van der Waals surface area contributed by atoms with Crippen LogP contribution in [-0.2, 0) is 0 Å². The van der Waals surface area contributed by atoms with Crippen LogP contribution >= 0.6 is 0 Å². The van der Waals surface area contributed by atoms with Crippen LogP contribution in [0.2, 0.25) is 0 Å². The van der Waals surface area contributed by atoms with Gasteiger partial charge in [0.25, 0.3) is 0 Å². The topological polar surface area (TPSA) is 52.0 Å². The number of aromatic nitrogens is 1. The van der Waals surface area contributed by atoms with Gasteiger partial charge >= 0.3 is 0 Å². The zero-order valence-corrected chi connectivity index (χ0v) is 11.9. The molecule has 0 saturated heterocycles. The van der Waals surface area contributed by atoms with E-state index in [0.717, 1.165) is 11.1 Å². The number of nitrogens with zero attached hydrogens (tertiary/aromatic N) is 1. The van der Waals surface area contributed by atoms with E-state index in [1.165, 1.54) is 11.6 Å². The third-order valence-corrected chi connectivity index (χ3v) is 3.63. The Morgan fingerprint density at radius 3 is 2.52 bits per heavy atom. The highest BCUT2D eigenvalue weighted by Crippen LogP contribution is 2.38. The Morgan fingerprint density at radius 2 is 1.81 bits per heavy atom. The minimum Gasteiger partial charge on any atom is -0.380 e. The van der Waals surface area contributed by atoms with E-state index in [-0.39, 0.29) is 11.6 Å². The summed E-state index contributed by atoms with van der Waals surface area (Å²) in [5, 5.41) is 3.80. The summed E-state index contributed by atoms with van der Waals surface area (Å²) in [7, 11) is 0. The summed E-state index contributed by atoms with van der Waals surface area (Å²) in [6.07, 6.45) is 0. The van der Waals surface area contributed by atoms with Crippen molar-refractivity contribution in [3.63, 3.8) is 0 Å². The molecule has 0 aliphatic heterocycles. The molecule has 3 nitrogen and oxygen atoms in total. The SMILES string of the molecule is Cc1ccc(-c2onc(N)c2-c2ccccc2F)cc1C. The second-order valence-electron chi connectivity index (χ2n) is 5.05. The smallest absolute Gasteiger partial charge is 0.177 e. The van der Waals surface area contributed by atoms with E-state index in [9.17, 15) is 4.39 Å². The molecule has 3 rings (SSSR count). The number of anilines is 1. The van der Waals surface area contributed by atoms with Gasteiger partial charge in [-0.15, -0.1) is 0 Å². The van der Waals surface area contributed by atoms with E-state index in [1.807, 2.05) is 32.0 Å². The van der Waals surface area contributed by atoms with Crippen molar-refractivity contribution in [2.45, 2.75) is 13.8 Å². The predicted molar refractivity (Wildman–Crippen MR) is 81.2 cm³/mol. The fourth-order valence-corrected chi connectivity index (χ4v) is 2.31. The van der Waals surface area contributed by atoms with Crippen LogP contribution in [0.25, 0.3) is 22.5 Å². The van der Waals surface area contributed by atoms with Crippen molar-refractivity contribution in [2.24, 2.45) is 0 Å². The van der Waals surface area contributed by atoms with Crippen LogP contribution in [0.1, 0.15) is 11.1 Å². The van der Waals surface area contributed by atoms with Crippen molar-refractivity contribution >= 4 is 5.82 Å². The summed E-state index contributed by atoms with van der Waals surface area (Å²) in [4.78, 5) is 0. The Morgan fingerprint density at radius 1 is 1.05 bits per heavy atom. The Bertz CT molecular complexity index is 808. The van der Waals surface area contributed by atoms with Gasteiger partial charge in [0.05, 0.1) is 5.56 Å². The van der Waals surface area contributed by atoms with Gasteiger partial charge in [0.1, 0.15) is 5.82 Å². The fourth-order valence-electron chi connectivity index (χ4n) is 2.31. The molecule has 0 saturated carbocycles. The van der Waals surface area contributed by atoms with E-state index < -0.39 is 0 Å². The first-order valence-corrected chi connectivity index (χ1v) is 6.65. The molecule has 2 aromatic carbocycles. The molecule has 106 valence electrons. The highest BCUT2D eigenvalue weighted by atomic mass is 19.1. The third kappa shape index (κ3) is 2.29. The molecule has 21 heavy (non-hydrogen) atoms. The number of aryl methyl sites for hydroxylation is 2. The van der Waals surface area contributed by atoms with Crippen molar-refractivity contribution in [1.82, 2.24) is 5.16 Å². The molecular formula is C17H15FN2O. The normalized spacial score (nSPS) is 10.8. The Labute approximate surface area is 122 Å². The molecule has 1 aromatic heterocycles. The monoisotopic (exact) mass is 282 g/mol. The van der Waals surface area contributed by atoms with Crippen LogP contribution in [0.4, 0.5) is 10.2 Å². The number of nitrogen functional groups attached to an aromatic ring is 1.